The van der Waals surface area contributed by atoms with Crippen molar-refractivity contribution in [2.24, 2.45) is 0 Å². The molecule has 0 unspecified atom stereocenters. The topological polar surface area (TPSA) is 106 Å². The lowest BCUT2D eigenvalue weighted by molar-refractivity contribution is -0.116. The minimum absolute atomic E-state index is 0.188. The minimum atomic E-state index is -0.188. The number of hydrogen-bond acceptors (Lipinski definition) is 5. The van der Waals surface area contributed by atoms with Gasteiger partial charge in [0.2, 0.25) is 11.9 Å². The first-order valence-corrected chi connectivity index (χ1v) is 7.57. The first kappa shape index (κ1) is 15.8. The predicted octanol–water partition coefficient (Wildman–Crippen LogP) is 2.92. The molecule has 1 aromatic carbocycles. The van der Waals surface area contributed by atoms with Crippen molar-refractivity contribution in [2.75, 3.05) is 17.2 Å². The number of nitrogens with one attached hydrogen (secondary N) is 3. The van der Waals surface area contributed by atoms with Crippen LogP contribution in [0, 0.1) is 11.3 Å². The van der Waals surface area contributed by atoms with Crippen LogP contribution in [0.25, 0.3) is 10.9 Å². The van der Waals surface area contributed by atoms with Gasteiger partial charge in [0.05, 0.1) is 21.8 Å². The molecular formula is C16H13ClN6O. The predicted molar refractivity (Wildman–Crippen MR) is 91.8 cm³/mol. The third-order valence-electron chi connectivity index (χ3n) is 3.38. The summed E-state index contributed by atoms with van der Waals surface area (Å²) >= 11 is 6.14. The lowest BCUT2D eigenvalue weighted by atomic mass is 10.1. The molecule has 3 N–H and O–H groups in total. The van der Waals surface area contributed by atoms with Crippen LogP contribution >= 0.6 is 11.6 Å². The Bertz CT molecular complexity index is 916. The summed E-state index contributed by atoms with van der Waals surface area (Å²) in [6, 6.07) is 7.47. The molecule has 0 saturated carbocycles. The van der Waals surface area contributed by atoms with Crippen LogP contribution in [0.1, 0.15) is 12.0 Å². The third-order valence-corrected chi connectivity index (χ3v) is 3.68. The van der Waals surface area contributed by atoms with Crippen LogP contribution in [-0.4, -0.2) is 27.4 Å². The van der Waals surface area contributed by atoms with Gasteiger partial charge in [0.25, 0.3) is 0 Å². The highest BCUT2D eigenvalue weighted by Crippen LogP contribution is 2.29. The molecule has 0 bridgehead atoms. The standard InChI is InChI=1S/C16H13ClN6O/c17-12-3-1-2-11-14(10(8-18)9-22-15(11)12)19-5-4-13(24)23-16-20-6-7-21-16/h1-3,6-7,9H,4-5H2,(H,19,22)(H2,20,21,23,24). The SMILES string of the molecule is N#Cc1cnc2c(Cl)cccc2c1NCCC(=O)Nc1ncc[nH]1. The highest BCUT2D eigenvalue weighted by atomic mass is 35.5. The normalized spacial score (nSPS) is 10.3. The Labute approximate surface area is 142 Å². The molecule has 0 fully saturated rings. The summed E-state index contributed by atoms with van der Waals surface area (Å²) in [5.41, 5.74) is 1.63. The number of H-pyrrole nitrogens is 1. The molecule has 0 aliphatic carbocycles. The van der Waals surface area contributed by atoms with E-state index in [1.54, 1.807) is 24.5 Å². The van der Waals surface area contributed by atoms with Gasteiger partial charge in [-0.05, 0) is 6.07 Å². The van der Waals surface area contributed by atoms with Gasteiger partial charge in [-0.15, -0.1) is 0 Å². The van der Waals surface area contributed by atoms with E-state index in [-0.39, 0.29) is 12.3 Å². The van der Waals surface area contributed by atoms with Crippen molar-refractivity contribution in [3.63, 3.8) is 0 Å². The summed E-state index contributed by atoms with van der Waals surface area (Å²) in [6.07, 6.45) is 4.87. The lowest BCUT2D eigenvalue weighted by Crippen LogP contribution is -2.17. The molecule has 8 heteroatoms. The Morgan fingerprint density at radius 3 is 3.00 bits per heavy atom. The molecular weight excluding hydrogens is 328 g/mol. The minimum Gasteiger partial charge on any atom is -0.383 e. The number of amides is 1. The van der Waals surface area contributed by atoms with Crippen molar-refractivity contribution in [3.05, 3.63) is 47.4 Å². The highest BCUT2D eigenvalue weighted by molar-refractivity contribution is 6.35. The molecule has 0 aliphatic rings. The fraction of sp³-hybridized carbons (Fsp3) is 0.125. The van der Waals surface area contributed by atoms with Crippen molar-refractivity contribution in [3.8, 4) is 6.07 Å². The van der Waals surface area contributed by atoms with E-state index in [1.165, 1.54) is 6.20 Å². The quantitative estimate of drug-likeness (QED) is 0.662. The van der Waals surface area contributed by atoms with Crippen molar-refractivity contribution in [1.82, 2.24) is 15.0 Å². The number of anilines is 2. The number of rotatable bonds is 5. The van der Waals surface area contributed by atoms with E-state index in [2.05, 4.69) is 31.7 Å². The maximum atomic E-state index is 11.9. The summed E-state index contributed by atoms with van der Waals surface area (Å²) in [6.45, 7) is 0.354. The zero-order valence-corrected chi connectivity index (χ0v) is 13.3. The summed E-state index contributed by atoms with van der Waals surface area (Å²) < 4.78 is 0. The number of carbonyl (C=O) groups is 1. The number of pyridine rings is 1. The Kier molecular flexibility index (Phi) is 4.59. The number of fused-ring (bicyclic) bond motifs is 1. The van der Waals surface area contributed by atoms with Gasteiger partial charge in [-0.2, -0.15) is 5.26 Å². The van der Waals surface area contributed by atoms with Crippen LogP contribution in [-0.2, 0) is 4.79 Å². The largest absolute Gasteiger partial charge is 0.383 e. The molecule has 120 valence electrons. The summed E-state index contributed by atoms with van der Waals surface area (Å²) in [7, 11) is 0. The molecule has 2 heterocycles. The second-order valence-electron chi connectivity index (χ2n) is 4.96. The Morgan fingerprint density at radius 1 is 1.38 bits per heavy atom. The highest BCUT2D eigenvalue weighted by Gasteiger charge is 2.11. The third kappa shape index (κ3) is 3.29. The van der Waals surface area contributed by atoms with Crippen LogP contribution in [0.3, 0.4) is 0 Å². The molecule has 0 aliphatic heterocycles. The van der Waals surface area contributed by atoms with E-state index in [4.69, 9.17) is 11.6 Å². The second kappa shape index (κ2) is 6.98. The number of nitriles is 1. The van der Waals surface area contributed by atoms with Gasteiger partial charge in [-0.3, -0.25) is 15.1 Å². The van der Waals surface area contributed by atoms with Crippen LogP contribution < -0.4 is 10.6 Å². The number of aromatic amines is 1. The van der Waals surface area contributed by atoms with Gasteiger partial charge in [0.1, 0.15) is 6.07 Å². The van der Waals surface area contributed by atoms with Crippen molar-refractivity contribution in [2.45, 2.75) is 6.42 Å². The average molecular weight is 341 g/mol. The number of nitrogens with zero attached hydrogens (tertiary/aromatic N) is 3. The van der Waals surface area contributed by atoms with E-state index in [0.717, 1.165) is 5.39 Å². The zero-order valence-electron chi connectivity index (χ0n) is 12.5. The molecule has 1 amide bonds. The van der Waals surface area contributed by atoms with Gasteiger partial charge in [-0.25, -0.2) is 4.98 Å². The number of benzene rings is 1. The van der Waals surface area contributed by atoms with Gasteiger partial charge in [0.15, 0.2) is 0 Å². The molecule has 3 aromatic rings. The molecule has 0 saturated heterocycles. The van der Waals surface area contributed by atoms with Crippen molar-refractivity contribution in [1.29, 1.82) is 5.26 Å². The van der Waals surface area contributed by atoms with Crippen molar-refractivity contribution >= 4 is 40.0 Å². The molecule has 2 aromatic heterocycles. The fourth-order valence-corrected chi connectivity index (χ4v) is 2.51. The number of halogens is 1. The first-order valence-electron chi connectivity index (χ1n) is 7.19. The number of hydrogen-bond donors (Lipinski definition) is 3. The van der Waals surface area contributed by atoms with Gasteiger partial charge in [0, 0.05) is 36.9 Å². The monoisotopic (exact) mass is 340 g/mol. The molecule has 7 nitrogen and oxygen atoms in total. The number of carbonyl (C=O) groups excluding carboxylic acids is 1. The molecule has 0 radical (unpaired) electrons. The van der Waals surface area contributed by atoms with Crippen molar-refractivity contribution < 1.29 is 4.79 Å². The average Bonchev–Trinajstić information content (AvgIpc) is 3.08. The first-order chi connectivity index (χ1) is 11.7. The molecule has 3 rings (SSSR count). The smallest absolute Gasteiger partial charge is 0.228 e. The summed E-state index contributed by atoms with van der Waals surface area (Å²) in [4.78, 5) is 22.8. The lowest BCUT2D eigenvalue weighted by Gasteiger charge is -2.11. The van der Waals surface area contributed by atoms with E-state index in [9.17, 15) is 10.1 Å². The summed E-state index contributed by atoms with van der Waals surface area (Å²) in [5, 5.41) is 16.3. The number of aromatic nitrogens is 3. The number of para-hydroxylation sites is 1. The van der Waals surface area contributed by atoms with Crippen LogP contribution in [0.4, 0.5) is 11.6 Å². The van der Waals surface area contributed by atoms with Gasteiger partial charge >= 0.3 is 0 Å². The Balaban J connectivity index is 1.74. The second-order valence-corrected chi connectivity index (χ2v) is 5.36. The van der Waals surface area contributed by atoms with E-state index >= 15 is 0 Å². The molecule has 0 spiro atoms. The fourth-order valence-electron chi connectivity index (χ4n) is 2.29. The van der Waals surface area contributed by atoms with Gasteiger partial charge < -0.3 is 10.3 Å². The van der Waals surface area contributed by atoms with E-state index in [0.29, 0.717) is 34.3 Å². The maximum Gasteiger partial charge on any atom is 0.228 e. The summed E-state index contributed by atoms with van der Waals surface area (Å²) in [5.74, 6) is 0.214. The zero-order chi connectivity index (χ0) is 16.9. The van der Waals surface area contributed by atoms with Gasteiger partial charge in [-0.1, -0.05) is 23.7 Å². The van der Waals surface area contributed by atoms with Crippen LogP contribution in [0.2, 0.25) is 5.02 Å². The Morgan fingerprint density at radius 2 is 2.25 bits per heavy atom. The van der Waals surface area contributed by atoms with Crippen LogP contribution in [0.15, 0.2) is 36.8 Å². The Hall–Kier alpha value is -3.11. The maximum absolute atomic E-state index is 11.9. The van der Waals surface area contributed by atoms with Crippen LogP contribution in [0.5, 0.6) is 0 Å². The molecule has 24 heavy (non-hydrogen) atoms. The number of imidazole rings is 1. The van der Waals surface area contributed by atoms with E-state index in [1.807, 2.05) is 6.07 Å². The van der Waals surface area contributed by atoms with E-state index < -0.39 is 0 Å². The molecule has 0 atom stereocenters.